The minimum Gasteiger partial charge on any atom is -0.444 e. The number of ether oxygens (including phenoxy) is 1. The topological polar surface area (TPSA) is 49.9 Å². The lowest BCUT2D eigenvalue weighted by Crippen LogP contribution is -2.44. The molecule has 0 N–H and O–H groups in total. The van der Waals surface area contributed by atoms with E-state index in [2.05, 4.69) is 20.8 Å². The van der Waals surface area contributed by atoms with Crippen LogP contribution >= 0.6 is 0 Å². The summed E-state index contributed by atoms with van der Waals surface area (Å²) in [5.41, 5.74) is -0.487. The van der Waals surface area contributed by atoms with Crippen LogP contribution in [0, 0.1) is 11.3 Å². The second-order valence-corrected chi connectivity index (χ2v) is 8.85. The first-order chi connectivity index (χ1) is 10.9. The number of nitrogens with zero attached hydrogens (tertiary/aromatic N) is 2. The number of allylic oxidation sites excluding steroid dienone is 1. The number of carbonyl (C=O) groups excluding carboxylic acids is 2. The standard InChI is InChI=1S/C19H34N2O3/c1-18(2,3)11-10-16(22)21-12-8-9-15(14-21)13-20(7)17(23)24-19(4,5)6/h10-11,15H,8-9,12-14H2,1-7H3. The molecule has 1 aliphatic heterocycles. The van der Waals surface area contributed by atoms with Crippen LogP contribution in [0.25, 0.3) is 0 Å². The predicted molar refractivity (Wildman–Crippen MR) is 96.8 cm³/mol. The normalized spacial score (nSPS) is 19.5. The van der Waals surface area contributed by atoms with Crippen LogP contribution in [0.3, 0.4) is 0 Å². The molecule has 1 unspecified atom stereocenters. The largest absolute Gasteiger partial charge is 0.444 e. The average Bonchev–Trinajstić information content (AvgIpc) is 2.42. The third-order valence-electron chi connectivity index (χ3n) is 3.79. The Morgan fingerprint density at radius 3 is 2.38 bits per heavy atom. The first-order valence-electron chi connectivity index (χ1n) is 8.80. The Morgan fingerprint density at radius 1 is 1.21 bits per heavy atom. The van der Waals surface area contributed by atoms with Gasteiger partial charge in [-0.15, -0.1) is 0 Å². The number of carbonyl (C=O) groups is 2. The Morgan fingerprint density at radius 2 is 1.83 bits per heavy atom. The Kier molecular flexibility index (Phi) is 6.87. The lowest BCUT2D eigenvalue weighted by Gasteiger charge is -2.34. The van der Waals surface area contributed by atoms with Gasteiger partial charge in [0.15, 0.2) is 0 Å². The highest BCUT2D eigenvalue weighted by Gasteiger charge is 2.26. The smallest absolute Gasteiger partial charge is 0.410 e. The second kappa shape index (κ2) is 8.04. The van der Waals surface area contributed by atoms with Gasteiger partial charge in [-0.25, -0.2) is 4.79 Å². The Labute approximate surface area is 147 Å². The molecule has 0 aromatic rings. The van der Waals surface area contributed by atoms with Crippen molar-refractivity contribution >= 4 is 12.0 Å². The second-order valence-electron chi connectivity index (χ2n) is 8.85. The third-order valence-corrected chi connectivity index (χ3v) is 3.79. The van der Waals surface area contributed by atoms with Crippen LogP contribution in [0.5, 0.6) is 0 Å². The maximum Gasteiger partial charge on any atom is 0.410 e. The van der Waals surface area contributed by atoms with Gasteiger partial charge in [-0.05, 0) is 51.0 Å². The van der Waals surface area contributed by atoms with Crippen molar-refractivity contribution in [2.45, 2.75) is 60.0 Å². The van der Waals surface area contributed by atoms with Gasteiger partial charge in [0.2, 0.25) is 5.91 Å². The molecule has 0 radical (unpaired) electrons. The van der Waals surface area contributed by atoms with E-state index in [0.717, 1.165) is 19.4 Å². The molecule has 0 spiro atoms. The molecule has 2 amide bonds. The fraction of sp³-hybridized carbons (Fsp3) is 0.789. The van der Waals surface area contributed by atoms with Gasteiger partial charge < -0.3 is 14.5 Å². The summed E-state index contributed by atoms with van der Waals surface area (Å²) in [6.45, 7) is 13.9. The van der Waals surface area contributed by atoms with Crippen molar-refractivity contribution in [3.05, 3.63) is 12.2 Å². The fourth-order valence-corrected chi connectivity index (χ4v) is 2.64. The molecule has 1 atom stereocenters. The number of amides is 2. The van der Waals surface area contributed by atoms with Crippen LogP contribution in [0.2, 0.25) is 0 Å². The molecule has 1 rings (SSSR count). The number of rotatable bonds is 3. The molecule has 5 nitrogen and oxygen atoms in total. The van der Waals surface area contributed by atoms with Gasteiger partial charge in [0.1, 0.15) is 5.60 Å². The minimum atomic E-state index is -0.488. The maximum absolute atomic E-state index is 12.3. The molecular formula is C19H34N2O3. The third kappa shape index (κ3) is 7.84. The first-order valence-corrected chi connectivity index (χ1v) is 8.80. The summed E-state index contributed by atoms with van der Waals surface area (Å²) < 4.78 is 5.39. The van der Waals surface area contributed by atoms with Crippen molar-refractivity contribution in [3.8, 4) is 0 Å². The molecule has 0 saturated carbocycles. The highest BCUT2D eigenvalue weighted by Crippen LogP contribution is 2.20. The van der Waals surface area contributed by atoms with E-state index >= 15 is 0 Å². The van der Waals surface area contributed by atoms with Crippen LogP contribution in [0.4, 0.5) is 4.79 Å². The van der Waals surface area contributed by atoms with Crippen LogP contribution in [0.15, 0.2) is 12.2 Å². The monoisotopic (exact) mass is 338 g/mol. The van der Waals surface area contributed by atoms with Crippen molar-refractivity contribution in [1.29, 1.82) is 0 Å². The van der Waals surface area contributed by atoms with E-state index in [-0.39, 0.29) is 17.4 Å². The van der Waals surface area contributed by atoms with Crippen molar-refractivity contribution in [2.24, 2.45) is 11.3 Å². The van der Waals surface area contributed by atoms with Gasteiger partial charge in [0.05, 0.1) is 0 Å². The molecule has 1 saturated heterocycles. The Balaban J connectivity index is 2.55. The van der Waals surface area contributed by atoms with Gasteiger partial charge >= 0.3 is 6.09 Å². The zero-order valence-corrected chi connectivity index (χ0v) is 16.4. The summed E-state index contributed by atoms with van der Waals surface area (Å²) >= 11 is 0. The molecule has 0 aromatic heterocycles. The van der Waals surface area contributed by atoms with Gasteiger partial charge in [0.25, 0.3) is 0 Å². The quantitative estimate of drug-likeness (QED) is 0.737. The highest BCUT2D eigenvalue weighted by atomic mass is 16.6. The molecule has 138 valence electrons. The molecule has 5 heteroatoms. The molecule has 0 aliphatic carbocycles. The Bertz CT molecular complexity index is 472. The lowest BCUT2D eigenvalue weighted by atomic mass is 9.95. The van der Waals surface area contributed by atoms with Gasteiger partial charge in [-0.1, -0.05) is 26.8 Å². The number of likely N-dealkylation sites (tertiary alicyclic amines) is 1. The summed E-state index contributed by atoms with van der Waals surface area (Å²) in [6, 6.07) is 0. The summed E-state index contributed by atoms with van der Waals surface area (Å²) in [5, 5.41) is 0. The van der Waals surface area contributed by atoms with E-state index in [1.54, 1.807) is 18.0 Å². The van der Waals surface area contributed by atoms with Gasteiger partial charge in [0, 0.05) is 26.7 Å². The SMILES string of the molecule is CN(CC1CCCN(C(=O)C=CC(C)(C)C)C1)C(=O)OC(C)(C)C. The van der Waals surface area contributed by atoms with Crippen molar-refractivity contribution in [1.82, 2.24) is 9.80 Å². The highest BCUT2D eigenvalue weighted by molar-refractivity contribution is 5.87. The number of piperidine rings is 1. The van der Waals surface area contributed by atoms with Crippen LogP contribution in [-0.2, 0) is 9.53 Å². The van der Waals surface area contributed by atoms with E-state index in [0.29, 0.717) is 19.0 Å². The van der Waals surface area contributed by atoms with E-state index in [4.69, 9.17) is 4.74 Å². The molecule has 24 heavy (non-hydrogen) atoms. The Hall–Kier alpha value is -1.52. The van der Waals surface area contributed by atoms with Crippen LogP contribution in [-0.4, -0.2) is 54.1 Å². The average molecular weight is 338 g/mol. The minimum absolute atomic E-state index is 0.00177. The van der Waals surface area contributed by atoms with E-state index in [1.165, 1.54) is 0 Å². The number of hydrogen-bond donors (Lipinski definition) is 0. The molecule has 1 heterocycles. The summed E-state index contributed by atoms with van der Waals surface area (Å²) in [6.07, 6.45) is 5.33. The molecule has 1 fully saturated rings. The van der Waals surface area contributed by atoms with Crippen LogP contribution in [0.1, 0.15) is 54.4 Å². The van der Waals surface area contributed by atoms with Crippen molar-refractivity contribution in [2.75, 3.05) is 26.7 Å². The lowest BCUT2D eigenvalue weighted by molar-refractivity contribution is -0.127. The maximum atomic E-state index is 12.3. The molecule has 0 bridgehead atoms. The van der Waals surface area contributed by atoms with E-state index < -0.39 is 5.60 Å². The fourth-order valence-electron chi connectivity index (χ4n) is 2.64. The van der Waals surface area contributed by atoms with Crippen molar-refractivity contribution < 1.29 is 14.3 Å². The summed E-state index contributed by atoms with van der Waals surface area (Å²) in [4.78, 5) is 27.9. The molecule has 0 aromatic carbocycles. The molecule has 1 aliphatic rings. The number of hydrogen-bond acceptors (Lipinski definition) is 3. The predicted octanol–water partition coefficient (Wildman–Crippen LogP) is 3.69. The van der Waals surface area contributed by atoms with Gasteiger partial charge in [-0.3, -0.25) is 4.79 Å². The first kappa shape index (κ1) is 20.5. The van der Waals surface area contributed by atoms with Crippen LogP contribution < -0.4 is 0 Å². The van der Waals surface area contributed by atoms with Gasteiger partial charge in [-0.2, -0.15) is 0 Å². The van der Waals surface area contributed by atoms with Crippen molar-refractivity contribution in [3.63, 3.8) is 0 Å². The summed E-state index contributed by atoms with van der Waals surface area (Å²) in [5.74, 6) is 0.359. The summed E-state index contributed by atoms with van der Waals surface area (Å²) in [7, 11) is 1.76. The van der Waals surface area contributed by atoms with E-state index in [1.807, 2.05) is 31.7 Å². The van der Waals surface area contributed by atoms with E-state index in [9.17, 15) is 9.59 Å². The zero-order valence-electron chi connectivity index (χ0n) is 16.4. The zero-order chi connectivity index (χ0) is 18.5. The molecular weight excluding hydrogens is 304 g/mol.